The van der Waals surface area contributed by atoms with Gasteiger partial charge in [-0.3, -0.25) is 0 Å². The fraction of sp³-hybridized carbons (Fsp3) is 0.462. The van der Waals surface area contributed by atoms with Gasteiger partial charge < -0.3 is 9.47 Å². The van der Waals surface area contributed by atoms with Gasteiger partial charge in [-0.05, 0) is 44.5 Å². The molecule has 5 heteroatoms. The third kappa shape index (κ3) is 3.10. The predicted octanol–water partition coefficient (Wildman–Crippen LogP) is 2.34. The molecule has 0 bridgehead atoms. The van der Waals surface area contributed by atoms with Crippen molar-refractivity contribution >= 4 is 17.2 Å². The zero-order valence-electron chi connectivity index (χ0n) is 10.8. The molecule has 2 rings (SSSR count). The Morgan fingerprint density at radius 3 is 2.56 bits per heavy atom. The van der Waals surface area contributed by atoms with Crippen molar-refractivity contribution in [1.82, 2.24) is 0 Å². The van der Waals surface area contributed by atoms with Crippen molar-refractivity contribution in [1.29, 1.82) is 0 Å². The summed E-state index contributed by atoms with van der Waals surface area (Å²) in [6.45, 7) is 6.81. The second-order valence-electron chi connectivity index (χ2n) is 5.00. The van der Waals surface area contributed by atoms with E-state index in [9.17, 15) is 4.21 Å². The second-order valence-corrected chi connectivity index (χ2v) is 6.93. The molecule has 1 heterocycles. The van der Waals surface area contributed by atoms with E-state index >= 15 is 0 Å². The first-order valence-corrected chi connectivity index (χ1v) is 6.93. The minimum absolute atomic E-state index is 0.343. The molecular weight excluding hydrogens is 250 g/mol. The fourth-order valence-electron chi connectivity index (χ4n) is 1.41. The maximum atomic E-state index is 11.8. The molecule has 18 heavy (non-hydrogen) atoms. The molecule has 1 aliphatic rings. The Morgan fingerprint density at radius 1 is 1.22 bits per heavy atom. The van der Waals surface area contributed by atoms with Gasteiger partial charge in [-0.1, -0.05) is 0 Å². The average molecular weight is 267 g/mol. The van der Waals surface area contributed by atoms with Crippen LogP contribution in [0.15, 0.2) is 22.6 Å². The minimum Gasteiger partial charge on any atom is -0.486 e. The molecule has 0 N–H and O–H groups in total. The maximum Gasteiger partial charge on any atom is 0.162 e. The van der Waals surface area contributed by atoms with Crippen molar-refractivity contribution < 1.29 is 13.7 Å². The Morgan fingerprint density at radius 2 is 1.89 bits per heavy atom. The molecule has 0 fully saturated rings. The zero-order chi connectivity index (χ0) is 13.2. The number of hydrogen-bond donors (Lipinski definition) is 0. The van der Waals surface area contributed by atoms with Crippen LogP contribution < -0.4 is 9.47 Å². The summed E-state index contributed by atoms with van der Waals surface area (Å²) in [5.41, 5.74) is 0.858. The minimum atomic E-state index is -1.24. The van der Waals surface area contributed by atoms with Gasteiger partial charge in [-0.15, -0.1) is 0 Å². The molecule has 0 saturated carbocycles. The lowest BCUT2D eigenvalue weighted by atomic mass is 10.2. The van der Waals surface area contributed by atoms with E-state index in [0.29, 0.717) is 19.0 Å². The third-order valence-corrected chi connectivity index (χ3v) is 3.73. The number of ether oxygens (including phenoxy) is 2. The van der Waals surface area contributed by atoms with Crippen molar-refractivity contribution in [3.63, 3.8) is 0 Å². The summed E-state index contributed by atoms with van der Waals surface area (Å²) in [4.78, 5) is 0. The zero-order valence-corrected chi connectivity index (χ0v) is 11.6. The van der Waals surface area contributed by atoms with E-state index in [4.69, 9.17) is 9.47 Å². The van der Waals surface area contributed by atoms with E-state index in [1.54, 1.807) is 6.21 Å². The molecule has 1 atom stereocenters. The van der Waals surface area contributed by atoms with Crippen molar-refractivity contribution in [2.24, 2.45) is 4.40 Å². The van der Waals surface area contributed by atoms with E-state index in [0.717, 1.165) is 11.3 Å². The van der Waals surface area contributed by atoms with Gasteiger partial charge in [0, 0.05) is 6.21 Å². The first kappa shape index (κ1) is 13.1. The fourth-order valence-corrected chi connectivity index (χ4v) is 1.94. The lowest BCUT2D eigenvalue weighted by molar-refractivity contribution is 0.171. The number of nitrogens with zero attached hydrogens (tertiary/aromatic N) is 1. The molecular formula is C13H17NO3S. The summed E-state index contributed by atoms with van der Waals surface area (Å²) >= 11 is 0. The van der Waals surface area contributed by atoms with Crippen molar-refractivity contribution in [2.75, 3.05) is 13.2 Å². The Hall–Kier alpha value is -1.36. The molecule has 0 amide bonds. The smallest absolute Gasteiger partial charge is 0.162 e. The summed E-state index contributed by atoms with van der Waals surface area (Å²) < 4.78 is 26.4. The lowest BCUT2D eigenvalue weighted by Crippen LogP contribution is -2.19. The summed E-state index contributed by atoms with van der Waals surface area (Å²) in [5.74, 6) is 1.46. The highest BCUT2D eigenvalue weighted by atomic mass is 32.2. The molecule has 1 aromatic rings. The molecule has 0 saturated heterocycles. The number of fused-ring (bicyclic) bond motifs is 1. The van der Waals surface area contributed by atoms with Gasteiger partial charge in [0.1, 0.15) is 24.2 Å². The Labute approximate surface area is 110 Å². The SMILES string of the molecule is CC(C)(C)[S@](=O)/N=C/c1ccc2c(c1)OCCO2. The summed E-state index contributed by atoms with van der Waals surface area (Å²) in [5, 5.41) is 0. The van der Waals surface area contributed by atoms with Crippen LogP contribution in [0, 0.1) is 0 Å². The molecule has 0 aliphatic carbocycles. The van der Waals surface area contributed by atoms with Crippen LogP contribution in [0.3, 0.4) is 0 Å². The monoisotopic (exact) mass is 267 g/mol. The van der Waals surface area contributed by atoms with Crippen LogP contribution in [0.2, 0.25) is 0 Å². The molecule has 98 valence electrons. The van der Waals surface area contributed by atoms with Crippen molar-refractivity contribution in [2.45, 2.75) is 25.5 Å². The van der Waals surface area contributed by atoms with Crippen LogP contribution in [-0.4, -0.2) is 28.4 Å². The first-order chi connectivity index (χ1) is 8.47. The normalized spacial score (nSPS) is 16.8. The van der Waals surface area contributed by atoms with E-state index < -0.39 is 11.0 Å². The van der Waals surface area contributed by atoms with Gasteiger partial charge in [-0.25, -0.2) is 4.21 Å². The maximum absolute atomic E-state index is 11.8. The van der Waals surface area contributed by atoms with Crippen LogP contribution in [0.25, 0.3) is 0 Å². The number of rotatable bonds is 2. The van der Waals surface area contributed by atoms with Crippen LogP contribution in [0.5, 0.6) is 11.5 Å². The van der Waals surface area contributed by atoms with Gasteiger partial charge in [-0.2, -0.15) is 4.40 Å². The van der Waals surface area contributed by atoms with Gasteiger partial charge in [0.2, 0.25) is 0 Å². The molecule has 1 aliphatic heterocycles. The highest BCUT2D eigenvalue weighted by Gasteiger charge is 2.18. The molecule has 1 aromatic carbocycles. The Balaban J connectivity index is 2.15. The summed E-state index contributed by atoms with van der Waals surface area (Å²) in [6, 6.07) is 5.56. The Bertz CT molecular complexity index is 491. The van der Waals surface area contributed by atoms with Crippen molar-refractivity contribution in [3.05, 3.63) is 23.8 Å². The average Bonchev–Trinajstić information content (AvgIpc) is 2.34. The van der Waals surface area contributed by atoms with Gasteiger partial charge in [0.05, 0.1) is 4.75 Å². The van der Waals surface area contributed by atoms with Crippen LogP contribution >= 0.6 is 0 Å². The predicted molar refractivity (Wildman–Crippen MR) is 72.9 cm³/mol. The highest BCUT2D eigenvalue weighted by Crippen LogP contribution is 2.30. The topological polar surface area (TPSA) is 47.9 Å². The standard InChI is InChI=1S/C13H17NO3S/c1-13(2,3)18(15)14-9-10-4-5-11-12(8-10)17-7-6-16-11/h4-5,8-9H,6-7H2,1-3H3/b14-9+/t18-/m0/s1. The summed E-state index contributed by atoms with van der Waals surface area (Å²) in [6.07, 6.45) is 1.61. The number of hydrogen-bond acceptors (Lipinski definition) is 3. The van der Waals surface area contributed by atoms with Gasteiger partial charge >= 0.3 is 0 Å². The van der Waals surface area contributed by atoms with E-state index in [2.05, 4.69) is 4.40 Å². The largest absolute Gasteiger partial charge is 0.486 e. The first-order valence-electron chi connectivity index (χ1n) is 5.82. The van der Waals surface area contributed by atoms with Crippen LogP contribution in [-0.2, 0) is 11.0 Å². The van der Waals surface area contributed by atoms with Crippen molar-refractivity contribution in [3.8, 4) is 11.5 Å². The highest BCUT2D eigenvalue weighted by molar-refractivity contribution is 7.85. The van der Waals surface area contributed by atoms with Gasteiger partial charge in [0.15, 0.2) is 11.5 Å². The molecule has 0 aromatic heterocycles. The summed E-state index contributed by atoms with van der Waals surface area (Å²) in [7, 11) is -1.24. The van der Waals surface area contributed by atoms with E-state index in [1.165, 1.54) is 0 Å². The lowest BCUT2D eigenvalue weighted by Gasteiger charge is -2.18. The van der Waals surface area contributed by atoms with Crippen LogP contribution in [0.1, 0.15) is 26.3 Å². The number of benzene rings is 1. The van der Waals surface area contributed by atoms with E-state index in [-0.39, 0.29) is 4.75 Å². The third-order valence-electron chi connectivity index (χ3n) is 2.39. The van der Waals surface area contributed by atoms with Crippen LogP contribution in [0.4, 0.5) is 0 Å². The molecule has 0 spiro atoms. The van der Waals surface area contributed by atoms with E-state index in [1.807, 2.05) is 39.0 Å². The van der Waals surface area contributed by atoms with Gasteiger partial charge in [0.25, 0.3) is 0 Å². The molecule has 0 unspecified atom stereocenters. The molecule has 4 nitrogen and oxygen atoms in total. The molecule has 0 radical (unpaired) electrons. The second kappa shape index (κ2) is 5.10. The Kier molecular flexibility index (Phi) is 3.71. The quantitative estimate of drug-likeness (QED) is 0.773.